The Hall–Kier alpha value is -4.14. The maximum atomic E-state index is 13.9. The summed E-state index contributed by atoms with van der Waals surface area (Å²) < 4.78 is 10.8. The number of amides is 2. The zero-order valence-corrected chi connectivity index (χ0v) is 24.0. The van der Waals surface area contributed by atoms with Crippen LogP contribution in [0.3, 0.4) is 0 Å². The fourth-order valence-electron chi connectivity index (χ4n) is 5.11. The average molecular weight is 573 g/mol. The minimum atomic E-state index is -0.281. The normalized spacial score (nSPS) is 14.7. The predicted octanol–water partition coefficient (Wildman–Crippen LogP) is 5.90. The minimum Gasteiger partial charge on any atom is -0.497 e. The number of rotatable bonds is 5. The molecule has 41 heavy (non-hydrogen) atoms. The van der Waals surface area contributed by atoms with Crippen LogP contribution in [0, 0.1) is 0 Å². The third-order valence-corrected chi connectivity index (χ3v) is 7.49. The summed E-state index contributed by atoms with van der Waals surface area (Å²) in [6.45, 7) is 5.01. The Morgan fingerprint density at radius 2 is 1.73 bits per heavy atom. The van der Waals surface area contributed by atoms with Crippen molar-refractivity contribution in [1.82, 2.24) is 15.0 Å². The van der Waals surface area contributed by atoms with Gasteiger partial charge in [-0.2, -0.15) is 0 Å². The first-order chi connectivity index (χ1) is 19.9. The van der Waals surface area contributed by atoms with Crippen molar-refractivity contribution in [3.8, 4) is 17.0 Å². The fraction of sp³-hybridized carbons (Fsp3) is 0.281. The summed E-state index contributed by atoms with van der Waals surface area (Å²) in [5.74, 6) is 0.539. The monoisotopic (exact) mass is 572 g/mol. The first-order valence-electron chi connectivity index (χ1n) is 13.6. The second-order valence-electron chi connectivity index (χ2n) is 10.1. The number of hydrogen-bond acceptors (Lipinski definition) is 6. The first kappa shape index (κ1) is 28.4. The Morgan fingerprint density at radius 3 is 2.46 bits per heavy atom. The minimum absolute atomic E-state index is 0.0559. The van der Waals surface area contributed by atoms with Crippen molar-refractivity contribution in [2.45, 2.75) is 26.4 Å². The summed E-state index contributed by atoms with van der Waals surface area (Å²) in [5.41, 5.74) is 4.12. The zero-order valence-electron chi connectivity index (χ0n) is 23.3. The molecule has 3 aromatic carbocycles. The van der Waals surface area contributed by atoms with Crippen LogP contribution in [0.2, 0.25) is 5.02 Å². The SMILES string of the molecule is COc1ccc(-c2cc(C(=O)N3CCN(Cc4ccccc4)CCCN(C(C)=O)c4ccc(Cl)cc4C3)on2)cc1. The van der Waals surface area contributed by atoms with E-state index in [1.807, 2.05) is 54.6 Å². The molecular formula is C32H33ClN4O4. The summed E-state index contributed by atoms with van der Waals surface area (Å²) in [6.07, 6.45) is 0.787. The Kier molecular flexibility index (Phi) is 9.01. The number of anilines is 1. The number of nitrogens with zero attached hydrogens (tertiary/aromatic N) is 4. The maximum Gasteiger partial charge on any atom is 0.292 e. The largest absolute Gasteiger partial charge is 0.497 e. The highest BCUT2D eigenvalue weighted by atomic mass is 35.5. The third kappa shape index (κ3) is 6.96. The van der Waals surface area contributed by atoms with Crippen LogP contribution in [0.15, 0.2) is 83.4 Å². The highest BCUT2D eigenvalue weighted by Crippen LogP contribution is 2.28. The van der Waals surface area contributed by atoms with E-state index in [1.165, 1.54) is 5.56 Å². The molecule has 0 saturated carbocycles. The molecule has 0 radical (unpaired) electrons. The summed E-state index contributed by atoms with van der Waals surface area (Å²) in [4.78, 5) is 32.5. The molecule has 1 aromatic heterocycles. The molecule has 1 aliphatic rings. The van der Waals surface area contributed by atoms with Crippen LogP contribution >= 0.6 is 11.6 Å². The first-order valence-corrected chi connectivity index (χ1v) is 14.0. The van der Waals surface area contributed by atoms with Crippen molar-refractivity contribution in [3.05, 3.63) is 101 Å². The number of fused-ring (bicyclic) bond motifs is 1. The van der Waals surface area contributed by atoms with Crippen molar-refractivity contribution in [2.24, 2.45) is 0 Å². The molecule has 1 aliphatic heterocycles. The number of carbonyl (C=O) groups excluding carboxylic acids is 2. The van der Waals surface area contributed by atoms with Crippen LogP contribution in [0.4, 0.5) is 5.69 Å². The number of hydrogen-bond donors (Lipinski definition) is 0. The van der Waals surface area contributed by atoms with Gasteiger partial charge in [0.1, 0.15) is 11.4 Å². The molecule has 4 aromatic rings. The highest BCUT2D eigenvalue weighted by Gasteiger charge is 2.26. The summed E-state index contributed by atoms with van der Waals surface area (Å²) in [6, 6.07) is 24.8. The van der Waals surface area contributed by atoms with Crippen molar-refractivity contribution < 1.29 is 18.8 Å². The van der Waals surface area contributed by atoms with E-state index in [0.29, 0.717) is 30.4 Å². The number of aromatic nitrogens is 1. The van der Waals surface area contributed by atoms with E-state index in [9.17, 15) is 9.59 Å². The molecule has 0 unspecified atom stereocenters. The van der Waals surface area contributed by atoms with Gasteiger partial charge in [-0.3, -0.25) is 14.5 Å². The lowest BCUT2D eigenvalue weighted by Gasteiger charge is -2.27. The lowest BCUT2D eigenvalue weighted by molar-refractivity contribution is -0.116. The lowest BCUT2D eigenvalue weighted by atomic mass is 10.1. The molecule has 212 valence electrons. The molecule has 0 spiro atoms. The molecule has 5 rings (SSSR count). The molecule has 2 heterocycles. The molecule has 0 atom stereocenters. The van der Waals surface area contributed by atoms with E-state index in [0.717, 1.165) is 42.1 Å². The van der Waals surface area contributed by atoms with Gasteiger partial charge in [-0.15, -0.1) is 0 Å². The maximum absolute atomic E-state index is 13.9. The van der Waals surface area contributed by atoms with Gasteiger partial charge in [0, 0.05) is 68.5 Å². The number of methoxy groups -OCH3 is 1. The zero-order chi connectivity index (χ0) is 28.8. The Morgan fingerprint density at radius 1 is 0.951 bits per heavy atom. The standard InChI is InChI=1S/C32H33ClN4O4/c1-23(38)37-16-6-15-35(21-24-7-4-3-5-8-24)17-18-36(22-26-19-27(33)11-14-30(26)37)32(39)31-20-29(34-41-31)25-9-12-28(40-2)13-10-25/h3-5,7-14,19-20H,6,15-18,21-22H2,1-2H3. The van der Waals surface area contributed by atoms with Crippen molar-refractivity contribution in [1.29, 1.82) is 0 Å². The molecule has 0 fully saturated rings. The van der Waals surface area contributed by atoms with Gasteiger partial charge < -0.3 is 19.1 Å². The van der Waals surface area contributed by atoms with Crippen LogP contribution in [0.1, 0.15) is 35.0 Å². The van der Waals surface area contributed by atoms with E-state index in [1.54, 1.807) is 36.0 Å². The second-order valence-corrected chi connectivity index (χ2v) is 10.5. The Balaban J connectivity index is 1.46. The number of halogens is 1. The average Bonchev–Trinajstić information content (AvgIpc) is 3.47. The smallest absolute Gasteiger partial charge is 0.292 e. The van der Waals surface area contributed by atoms with Crippen LogP contribution in [0.25, 0.3) is 11.3 Å². The molecule has 9 heteroatoms. The highest BCUT2D eigenvalue weighted by molar-refractivity contribution is 6.30. The Labute approximate surface area is 245 Å². The van der Waals surface area contributed by atoms with Crippen molar-refractivity contribution in [2.75, 3.05) is 38.2 Å². The van der Waals surface area contributed by atoms with Gasteiger partial charge in [0.25, 0.3) is 5.91 Å². The van der Waals surface area contributed by atoms with Gasteiger partial charge in [-0.05, 0) is 60.0 Å². The van der Waals surface area contributed by atoms with E-state index < -0.39 is 0 Å². The van der Waals surface area contributed by atoms with E-state index >= 15 is 0 Å². The third-order valence-electron chi connectivity index (χ3n) is 7.26. The molecule has 0 saturated heterocycles. The van der Waals surface area contributed by atoms with Crippen LogP contribution in [0.5, 0.6) is 5.75 Å². The number of carbonyl (C=O) groups is 2. The molecule has 8 nitrogen and oxygen atoms in total. The van der Waals surface area contributed by atoms with Crippen LogP contribution < -0.4 is 9.64 Å². The summed E-state index contributed by atoms with van der Waals surface area (Å²) in [7, 11) is 1.61. The van der Waals surface area contributed by atoms with E-state index in [4.69, 9.17) is 20.9 Å². The lowest BCUT2D eigenvalue weighted by Crippen LogP contribution is -2.38. The molecule has 0 N–H and O–H groups in total. The van der Waals surface area contributed by atoms with Crippen LogP contribution in [-0.2, 0) is 17.9 Å². The van der Waals surface area contributed by atoms with Gasteiger partial charge >= 0.3 is 0 Å². The number of benzene rings is 3. The quantitative estimate of drug-likeness (QED) is 0.296. The van der Waals surface area contributed by atoms with Crippen LogP contribution in [-0.4, -0.2) is 60.1 Å². The van der Waals surface area contributed by atoms with Gasteiger partial charge in [0.15, 0.2) is 0 Å². The molecular weight excluding hydrogens is 540 g/mol. The summed E-state index contributed by atoms with van der Waals surface area (Å²) >= 11 is 6.40. The van der Waals surface area contributed by atoms with Gasteiger partial charge in [-0.1, -0.05) is 47.1 Å². The van der Waals surface area contributed by atoms with Crippen molar-refractivity contribution >= 4 is 29.1 Å². The van der Waals surface area contributed by atoms with Gasteiger partial charge in [0.05, 0.1) is 7.11 Å². The predicted molar refractivity (Wildman–Crippen MR) is 159 cm³/mol. The fourth-order valence-corrected chi connectivity index (χ4v) is 5.30. The van der Waals surface area contributed by atoms with Gasteiger partial charge in [-0.25, -0.2) is 0 Å². The molecule has 2 amide bonds. The van der Waals surface area contributed by atoms with Gasteiger partial charge in [0.2, 0.25) is 11.7 Å². The molecule has 0 bridgehead atoms. The molecule has 0 aliphatic carbocycles. The second kappa shape index (κ2) is 13.0. The summed E-state index contributed by atoms with van der Waals surface area (Å²) in [5, 5.41) is 4.71. The van der Waals surface area contributed by atoms with Crippen molar-refractivity contribution in [3.63, 3.8) is 0 Å². The van der Waals surface area contributed by atoms with E-state index in [-0.39, 0.29) is 24.1 Å². The van der Waals surface area contributed by atoms with E-state index in [2.05, 4.69) is 22.2 Å². The number of ether oxygens (including phenoxy) is 1. The topological polar surface area (TPSA) is 79.1 Å². The Bertz CT molecular complexity index is 1490.